The first-order chi connectivity index (χ1) is 8.22. The molecule has 1 heterocycles. The van der Waals surface area contributed by atoms with Gasteiger partial charge in [0.25, 0.3) is 0 Å². The van der Waals surface area contributed by atoms with E-state index in [0.29, 0.717) is 18.7 Å². The lowest BCUT2D eigenvalue weighted by Crippen LogP contribution is -2.21. The second-order valence-electron chi connectivity index (χ2n) is 4.37. The van der Waals surface area contributed by atoms with Crippen LogP contribution in [0.25, 0.3) is 0 Å². The fourth-order valence-electron chi connectivity index (χ4n) is 2.19. The molecule has 2 rings (SSSR count). The Morgan fingerprint density at radius 3 is 3.00 bits per heavy atom. The average molecular weight is 235 g/mol. The van der Waals surface area contributed by atoms with Gasteiger partial charge < -0.3 is 9.84 Å². The molecule has 4 nitrogen and oxygen atoms in total. The molecule has 0 spiro atoms. The molecule has 1 N–H and O–H groups in total. The third-order valence-electron chi connectivity index (χ3n) is 3.08. The van der Waals surface area contributed by atoms with Crippen molar-refractivity contribution in [2.24, 2.45) is 0 Å². The number of methoxy groups -OCH3 is 1. The summed E-state index contributed by atoms with van der Waals surface area (Å²) in [4.78, 5) is 12.9. The number of aliphatic hydroxyl groups is 1. The molecule has 1 saturated heterocycles. The van der Waals surface area contributed by atoms with Crippen LogP contribution >= 0.6 is 0 Å². The van der Waals surface area contributed by atoms with E-state index in [2.05, 4.69) is 4.90 Å². The zero-order valence-corrected chi connectivity index (χ0v) is 9.93. The number of nitrogens with zero attached hydrogens (tertiary/aromatic N) is 1. The molecule has 17 heavy (non-hydrogen) atoms. The standard InChI is InChI=1S/C13H17NO3/c1-17-13-3-2-10(9-15)6-11(13)7-14-5-4-12(16)8-14/h2-3,6,9,12,16H,4-5,7-8H2,1H3. The molecule has 1 aromatic rings. The fraction of sp³-hybridized carbons (Fsp3) is 0.462. The molecular formula is C13H17NO3. The summed E-state index contributed by atoms with van der Waals surface area (Å²) in [6, 6.07) is 5.40. The lowest BCUT2D eigenvalue weighted by molar-refractivity contribution is 0.112. The molecule has 1 aromatic carbocycles. The zero-order valence-electron chi connectivity index (χ0n) is 9.93. The predicted octanol–water partition coefficient (Wildman–Crippen LogP) is 1.07. The third kappa shape index (κ3) is 2.84. The summed E-state index contributed by atoms with van der Waals surface area (Å²) < 4.78 is 5.28. The molecule has 92 valence electrons. The predicted molar refractivity (Wildman–Crippen MR) is 64.3 cm³/mol. The van der Waals surface area contributed by atoms with Crippen molar-refractivity contribution in [2.75, 3.05) is 20.2 Å². The summed E-state index contributed by atoms with van der Waals surface area (Å²) in [5.74, 6) is 0.789. The first-order valence-corrected chi connectivity index (χ1v) is 5.75. The second kappa shape index (κ2) is 5.29. The maximum atomic E-state index is 10.8. The molecule has 0 aromatic heterocycles. The van der Waals surface area contributed by atoms with E-state index < -0.39 is 0 Å². The molecule has 0 saturated carbocycles. The van der Waals surface area contributed by atoms with Gasteiger partial charge in [-0.2, -0.15) is 0 Å². The maximum Gasteiger partial charge on any atom is 0.150 e. The molecule has 0 radical (unpaired) electrons. The number of aliphatic hydroxyl groups excluding tert-OH is 1. The van der Waals surface area contributed by atoms with Gasteiger partial charge in [0.05, 0.1) is 13.2 Å². The van der Waals surface area contributed by atoms with Gasteiger partial charge in [0.2, 0.25) is 0 Å². The molecule has 0 amide bonds. The Bertz CT molecular complexity index is 406. The number of rotatable bonds is 4. The Hall–Kier alpha value is -1.39. The van der Waals surface area contributed by atoms with E-state index in [9.17, 15) is 9.90 Å². The minimum absolute atomic E-state index is 0.227. The molecule has 1 unspecified atom stereocenters. The molecular weight excluding hydrogens is 218 g/mol. The fourth-order valence-corrected chi connectivity index (χ4v) is 2.19. The van der Waals surface area contributed by atoms with Gasteiger partial charge in [-0.3, -0.25) is 9.69 Å². The monoisotopic (exact) mass is 235 g/mol. The van der Waals surface area contributed by atoms with Crippen LogP contribution in [0.15, 0.2) is 18.2 Å². The third-order valence-corrected chi connectivity index (χ3v) is 3.08. The van der Waals surface area contributed by atoms with E-state index in [-0.39, 0.29) is 6.10 Å². The normalized spacial score (nSPS) is 20.5. The Morgan fingerprint density at radius 1 is 1.59 bits per heavy atom. The molecule has 4 heteroatoms. The van der Waals surface area contributed by atoms with Crippen LogP contribution in [-0.4, -0.2) is 42.6 Å². The van der Waals surface area contributed by atoms with Crippen molar-refractivity contribution in [1.82, 2.24) is 4.90 Å². The van der Waals surface area contributed by atoms with E-state index in [1.165, 1.54) is 0 Å². The highest BCUT2D eigenvalue weighted by Gasteiger charge is 2.21. The summed E-state index contributed by atoms with van der Waals surface area (Å²) in [7, 11) is 1.62. The highest BCUT2D eigenvalue weighted by Crippen LogP contribution is 2.23. The summed E-state index contributed by atoms with van der Waals surface area (Å²) in [6.07, 6.45) is 1.42. The van der Waals surface area contributed by atoms with Crippen LogP contribution in [-0.2, 0) is 6.54 Å². The van der Waals surface area contributed by atoms with Gasteiger partial charge in [0.15, 0.2) is 0 Å². The molecule has 1 aliphatic rings. The Morgan fingerprint density at radius 2 is 2.41 bits per heavy atom. The number of likely N-dealkylation sites (tertiary alicyclic amines) is 1. The molecule has 0 aliphatic carbocycles. The first kappa shape index (κ1) is 12.1. The molecule has 0 bridgehead atoms. The van der Waals surface area contributed by atoms with Gasteiger partial charge in [-0.25, -0.2) is 0 Å². The largest absolute Gasteiger partial charge is 0.496 e. The van der Waals surface area contributed by atoms with Crippen molar-refractivity contribution >= 4 is 6.29 Å². The van der Waals surface area contributed by atoms with E-state index in [4.69, 9.17) is 4.74 Å². The van der Waals surface area contributed by atoms with Crippen molar-refractivity contribution in [1.29, 1.82) is 0 Å². The van der Waals surface area contributed by atoms with Gasteiger partial charge in [-0.15, -0.1) is 0 Å². The van der Waals surface area contributed by atoms with Gasteiger partial charge in [0, 0.05) is 30.8 Å². The van der Waals surface area contributed by atoms with Gasteiger partial charge in [0.1, 0.15) is 12.0 Å². The van der Waals surface area contributed by atoms with E-state index in [1.807, 2.05) is 12.1 Å². The summed E-state index contributed by atoms with van der Waals surface area (Å²) in [5.41, 5.74) is 1.65. The van der Waals surface area contributed by atoms with Crippen molar-refractivity contribution < 1.29 is 14.6 Å². The quantitative estimate of drug-likeness (QED) is 0.793. The van der Waals surface area contributed by atoms with Crippen LogP contribution in [0.5, 0.6) is 5.75 Å². The minimum atomic E-state index is -0.227. The maximum absolute atomic E-state index is 10.8. The number of ether oxygens (including phenoxy) is 1. The van der Waals surface area contributed by atoms with Crippen LogP contribution in [0.3, 0.4) is 0 Å². The Labute approximate surface area is 101 Å². The van der Waals surface area contributed by atoms with Gasteiger partial charge >= 0.3 is 0 Å². The van der Waals surface area contributed by atoms with Crippen molar-refractivity contribution in [2.45, 2.75) is 19.1 Å². The van der Waals surface area contributed by atoms with Gasteiger partial charge in [-0.1, -0.05) is 0 Å². The average Bonchev–Trinajstić information content (AvgIpc) is 2.74. The Balaban J connectivity index is 2.15. The first-order valence-electron chi connectivity index (χ1n) is 5.75. The lowest BCUT2D eigenvalue weighted by Gasteiger charge is -2.17. The highest BCUT2D eigenvalue weighted by molar-refractivity contribution is 5.75. The van der Waals surface area contributed by atoms with Crippen LogP contribution in [0.2, 0.25) is 0 Å². The van der Waals surface area contributed by atoms with Gasteiger partial charge in [-0.05, 0) is 24.6 Å². The van der Waals surface area contributed by atoms with Crippen LogP contribution < -0.4 is 4.74 Å². The highest BCUT2D eigenvalue weighted by atomic mass is 16.5. The van der Waals surface area contributed by atoms with Crippen LogP contribution in [0, 0.1) is 0 Å². The van der Waals surface area contributed by atoms with Crippen molar-refractivity contribution in [3.05, 3.63) is 29.3 Å². The number of hydrogen-bond donors (Lipinski definition) is 1. The smallest absolute Gasteiger partial charge is 0.150 e. The topological polar surface area (TPSA) is 49.8 Å². The lowest BCUT2D eigenvalue weighted by atomic mass is 10.1. The number of hydrogen-bond acceptors (Lipinski definition) is 4. The Kier molecular flexibility index (Phi) is 3.76. The number of β-amino-alcohol motifs (C(OH)–C–C–N with tert-alkyl or cyclic N) is 1. The second-order valence-corrected chi connectivity index (χ2v) is 4.37. The summed E-state index contributed by atoms with van der Waals surface area (Å²) >= 11 is 0. The van der Waals surface area contributed by atoms with Crippen molar-refractivity contribution in [3.8, 4) is 5.75 Å². The number of benzene rings is 1. The van der Waals surface area contributed by atoms with E-state index >= 15 is 0 Å². The van der Waals surface area contributed by atoms with Crippen molar-refractivity contribution in [3.63, 3.8) is 0 Å². The minimum Gasteiger partial charge on any atom is -0.496 e. The molecule has 1 atom stereocenters. The van der Waals surface area contributed by atoms with Crippen LogP contribution in [0.1, 0.15) is 22.3 Å². The number of aldehydes is 1. The summed E-state index contributed by atoms with van der Waals surface area (Å²) in [6.45, 7) is 2.28. The zero-order chi connectivity index (χ0) is 12.3. The molecule has 1 fully saturated rings. The molecule has 1 aliphatic heterocycles. The van der Waals surface area contributed by atoms with E-state index in [0.717, 1.165) is 30.6 Å². The SMILES string of the molecule is COc1ccc(C=O)cc1CN1CCC(O)C1. The van der Waals surface area contributed by atoms with E-state index in [1.54, 1.807) is 13.2 Å². The van der Waals surface area contributed by atoms with Crippen LogP contribution in [0.4, 0.5) is 0 Å². The number of carbonyl (C=O) groups is 1. The number of carbonyl (C=O) groups excluding carboxylic acids is 1. The summed E-state index contributed by atoms with van der Waals surface area (Å²) in [5, 5.41) is 9.48.